The Morgan fingerprint density at radius 3 is 2.60 bits per heavy atom. The number of nitrogens with zero attached hydrogens (tertiary/aromatic N) is 3. The summed E-state index contributed by atoms with van der Waals surface area (Å²) < 4.78 is 47.3. The molecule has 35 heavy (non-hydrogen) atoms. The fraction of sp³-hybridized carbons (Fsp3) is 0.708. The second-order valence-corrected chi connectivity index (χ2v) is 11.6. The summed E-state index contributed by atoms with van der Waals surface area (Å²) >= 11 is 0. The Labute approximate surface area is 203 Å². The molecule has 1 spiro atoms. The van der Waals surface area contributed by atoms with Crippen LogP contribution in [0.3, 0.4) is 0 Å². The summed E-state index contributed by atoms with van der Waals surface area (Å²) in [6.07, 6.45) is 0.349. The number of hydrogen-bond donors (Lipinski definition) is 1. The Kier molecular flexibility index (Phi) is 5.49. The first kappa shape index (κ1) is 23.6. The normalized spacial score (nSPS) is 30.2. The van der Waals surface area contributed by atoms with Crippen molar-refractivity contribution in [1.29, 1.82) is 0 Å². The summed E-state index contributed by atoms with van der Waals surface area (Å²) in [5.74, 6) is 0.301. The first-order valence-electron chi connectivity index (χ1n) is 12.3. The maximum Gasteiger partial charge on any atom is 0.398 e. The second kappa shape index (κ2) is 8.13. The standard InChI is InChI=1S/C24H30F3N4O3P/c25-24(26,27)23(3-4-23)16-1-5-29(20(33)7-16)10-15-8-22(9-15)13-31(14-22)21(35)30-6-2-18-17(11-30)28-19(32)12-34-18/h1,5,7,15,17-18,35H,2-4,6,8-14H2,(H,28,32)/t17-,18+/m1/s1. The summed E-state index contributed by atoms with van der Waals surface area (Å²) in [4.78, 5) is 28.8. The number of nitrogens with one attached hydrogen (secondary N) is 1. The van der Waals surface area contributed by atoms with Crippen molar-refractivity contribution in [3.05, 3.63) is 34.2 Å². The van der Waals surface area contributed by atoms with Crippen LogP contribution >= 0.6 is 8.86 Å². The van der Waals surface area contributed by atoms with Gasteiger partial charge in [-0.15, -0.1) is 0 Å². The molecule has 3 aliphatic heterocycles. The van der Waals surface area contributed by atoms with E-state index in [1.807, 2.05) is 0 Å². The molecule has 7 nitrogen and oxygen atoms in total. The Hall–Kier alpha value is -1.74. The number of rotatable bonds is 5. The highest BCUT2D eigenvalue weighted by Crippen LogP contribution is 2.58. The minimum Gasteiger partial charge on any atom is -0.366 e. The highest BCUT2D eigenvalue weighted by atomic mass is 31.0. The number of aromatic nitrogens is 1. The Morgan fingerprint density at radius 2 is 1.94 bits per heavy atom. The lowest BCUT2D eigenvalue weighted by molar-refractivity contribution is -0.160. The minimum absolute atomic E-state index is 0.00953. The van der Waals surface area contributed by atoms with Crippen LogP contribution in [0.25, 0.3) is 0 Å². The molecule has 5 fully saturated rings. The van der Waals surface area contributed by atoms with E-state index in [1.165, 1.54) is 12.1 Å². The topological polar surface area (TPSA) is 66.8 Å². The molecule has 190 valence electrons. The maximum atomic E-state index is 13.4. The third kappa shape index (κ3) is 4.06. The van der Waals surface area contributed by atoms with Gasteiger partial charge in [0.15, 0.2) is 0 Å². The number of likely N-dealkylation sites (tertiary alicyclic amines) is 2. The average molecular weight is 510 g/mol. The summed E-state index contributed by atoms with van der Waals surface area (Å²) in [6.45, 7) is 4.17. The van der Waals surface area contributed by atoms with Gasteiger partial charge in [-0.1, -0.05) is 8.86 Å². The van der Waals surface area contributed by atoms with Crippen molar-refractivity contribution in [2.24, 2.45) is 11.3 Å². The lowest BCUT2D eigenvalue weighted by atomic mass is 9.58. The van der Waals surface area contributed by atoms with Crippen molar-refractivity contribution in [3.63, 3.8) is 0 Å². The van der Waals surface area contributed by atoms with Gasteiger partial charge in [0.25, 0.3) is 5.56 Å². The average Bonchev–Trinajstić information content (AvgIpc) is 3.57. The fourth-order valence-electron chi connectivity index (χ4n) is 6.65. The van der Waals surface area contributed by atoms with Crippen LogP contribution in [0.15, 0.2) is 23.1 Å². The van der Waals surface area contributed by atoms with Crippen molar-refractivity contribution in [2.45, 2.75) is 62.4 Å². The molecular formula is C24H30F3N4O3P. The molecule has 5 aliphatic rings. The van der Waals surface area contributed by atoms with Crippen molar-refractivity contribution in [1.82, 2.24) is 19.7 Å². The molecule has 6 rings (SSSR count). The van der Waals surface area contributed by atoms with Crippen LogP contribution in [0.4, 0.5) is 13.2 Å². The second-order valence-electron chi connectivity index (χ2n) is 11.2. The Balaban J connectivity index is 0.997. The van der Waals surface area contributed by atoms with Crippen molar-refractivity contribution in [2.75, 3.05) is 32.8 Å². The largest absolute Gasteiger partial charge is 0.398 e. The van der Waals surface area contributed by atoms with E-state index in [4.69, 9.17) is 4.74 Å². The molecule has 1 amide bonds. The molecule has 2 atom stereocenters. The van der Waals surface area contributed by atoms with Gasteiger partial charge in [0, 0.05) is 45.0 Å². The van der Waals surface area contributed by atoms with Crippen LogP contribution < -0.4 is 10.9 Å². The van der Waals surface area contributed by atoms with Gasteiger partial charge in [0.05, 0.1) is 23.1 Å². The summed E-state index contributed by atoms with van der Waals surface area (Å²) in [6, 6.07) is 2.68. The summed E-state index contributed by atoms with van der Waals surface area (Å²) in [7, 11) is 3.82. The van der Waals surface area contributed by atoms with E-state index in [2.05, 4.69) is 24.0 Å². The fourth-order valence-corrected chi connectivity index (χ4v) is 7.01. The number of ether oxygens (including phenoxy) is 1. The molecule has 0 radical (unpaired) electrons. The monoisotopic (exact) mass is 510 g/mol. The van der Waals surface area contributed by atoms with Gasteiger partial charge in [-0.2, -0.15) is 13.2 Å². The first-order valence-corrected chi connectivity index (χ1v) is 12.8. The number of halogens is 3. The molecule has 0 unspecified atom stereocenters. The van der Waals surface area contributed by atoms with Gasteiger partial charge < -0.3 is 14.6 Å². The zero-order valence-electron chi connectivity index (χ0n) is 19.4. The third-order valence-corrected chi connectivity index (χ3v) is 9.35. The van der Waals surface area contributed by atoms with Gasteiger partial charge in [-0.25, -0.2) is 0 Å². The van der Waals surface area contributed by atoms with Gasteiger partial charge in [-0.3, -0.25) is 19.4 Å². The van der Waals surface area contributed by atoms with Gasteiger partial charge in [-0.05, 0) is 55.1 Å². The molecule has 0 bridgehead atoms. The molecule has 1 N–H and O–H groups in total. The highest BCUT2D eigenvalue weighted by Gasteiger charge is 2.64. The van der Waals surface area contributed by atoms with Crippen LogP contribution in [-0.2, 0) is 21.5 Å². The van der Waals surface area contributed by atoms with Crippen LogP contribution in [-0.4, -0.2) is 76.9 Å². The van der Waals surface area contributed by atoms with E-state index in [0.717, 1.165) is 51.0 Å². The predicted molar refractivity (Wildman–Crippen MR) is 126 cm³/mol. The lowest BCUT2D eigenvalue weighted by Crippen LogP contribution is -2.68. The van der Waals surface area contributed by atoms with Crippen molar-refractivity contribution < 1.29 is 22.7 Å². The van der Waals surface area contributed by atoms with Crippen molar-refractivity contribution in [3.8, 4) is 0 Å². The molecule has 1 aromatic heterocycles. The van der Waals surface area contributed by atoms with E-state index in [1.54, 1.807) is 10.8 Å². The molecule has 11 heteroatoms. The quantitative estimate of drug-likeness (QED) is 0.614. The van der Waals surface area contributed by atoms with Crippen LogP contribution in [0.2, 0.25) is 0 Å². The van der Waals surface area contributed by atoms with Crippen molar-refractivity contribution >= 4 is 20.3 Å². The van der Waals surface area contributed by atoms with E-state index < -0.39 is 11.6 Å². The van der Waals surface area contributed by atoms with Gasteiger partial charge in [0.2, 0.25) is 5.91 Å². The number of hydrogen-bond acceptors (Lipinski definition) is 3. The predicted octanol–water partition coefficient (Wildman–Crippen LogP) is 1.97. The van der Waals surface area contributed by atoms with Crippen LogP contribution in [0.1, 0.15) is 37.7 Å². The Morgan fingerprint density at radius 1 is 1.20 bits per heavy atom. The number of piperidine rings is 1. The smallest absolute Gasteiger partial charge is 0.366 e. The van der Waals surface area contributed by atoms with Crippen LogP contribution in [0, 0.1) is 11.3 Å². The minimum atomic E-state index is -4.30. The highest BCUT2D eigenvalue weighted by molar-refractivity contribution is 7.20. The third-order valence-electron chi connectivity index (χ3n) is 8.72. The van der Waals surface area contributed by atoms with E-state index in [9.17, 15) is 22.8 Å². The number of fused-ring (bicyclic) bond motifs is 1. The number of carbonyl (C=O) groups excluding carboxylic acids is 1. The number of carbonyl (C=O) groups is 1. The number of pyridine rings is 1. The SMILES string of the molecule is O=C1CO[C@H]2CCN(C(=P)N3CC4(CC(Cn5ccc(C6(C(F)(F)F)CC6)cc5=O)C4)C3)C[C@H]2N1. The molecule has 2 saturated carbocycles. The molecule has 1 aromatic rings. The van der Waals surface area contributed by atoms with E-state index in [0.29, 0.717) is 12.5 Å². The molecule has 4 heterocycles. The van der Waals surface area contributed by atoms with Crippen LogP contribution in [0.5, 0.6) is 0 Å². The number of alkyl halides is 3. The molecule has 0 aromatic carbocycles. The molecule has 2 aliphatic carbocycles. The van der Waals surface area contributed by atoms with E-state index >= 15 is 0 Å². The zero-order valence-corrected chi connectivity index (χ0v) is 20.4. The summed E-state index contributed by atoms with van der Waals surface area (Å²) in [5.41, 5.74) is -0.749. The molecular weight excluding hydrogens is 480 g/mol. The molecule has 3 saturated heterocycles. The lowest BCUT2D eigenvalue weighted by Gasteiger charge is -2.60. The van der Waals surface area contributed by atoms with Gasteiger partial charge >= 0.3 is 6.18 Å². The van der Waals surface area contributed by atoms with E-state index in [-0.39, 0.29) is 54.0 Å². The number of amides is 1. The first-order chi connectivity index (χ1) is 16.6. The van der Waals surface area contributed by atoms with Gasteiger partial charge in [0.1, 0.15) is 6.61 Å². The Bertz CT molecular complexity index is 1100. The summed E-state index contributed by atoms with van der Waals surface area (Å²) in [5, 5.41) is 3.03. The number of morpholine rings is 1. The zero-order chi connectivity index (χ0) is 24.6. The maximum absolute atomic E-state index is 13.4.